The molecule has 4 rings (SSSR count). The Morgan fingerprint density at radius 3 is 2.74 bits per heavy atom. The molecule has 1 aliphatic heterocycles. The van der Waals surface area contributed by atoms with Gasteiger partial charge in [-0.25, -0.2) is 14.8 Å². The summed E-state index contributed by atoms with van der Waals surface area (Å²) >= 11 is 1.64. The van der Waals surface area contributed by atoms with Gasteiger partial charge in [0.25, 0.3) is 0 Å². The summed E-state index contributed by atoms with van der Waals surface area (Å²) in [6, 6.07) is 12.5. The summed E-state index contributed by atoms with van der Waals surface area (Å²) in [5.41, 5.74) is 3.96. The van der Waals surface area contributed by atoms with Crippen LogP contribution >= 0.6 is 11.3 Å². The second kappa shape index (κ2) is 11.1. The van der Waals surface area contributed by atoms with Crippen molar-refractivity contribution in [1.82, 2.24) is 9.97 Å². The highest BCUT2D eigenvalue weighted by Gasteiger charge is 2.17. The molecule has 6 heteroatoms. The summed E-state index contributed by atoms with van der Waals surface area (Å²) in [7, 11) is 0. The van der Waals surface area contributed by atoms with Crippen molar-refractivity contribution in [2.24, 2.45) is 0 Å². The fraction of sp³-hybridized carbons (Fsp3) is 0.464. The molecule has 0 amide bonds. The number of benzene rings is 1. The van der Waals surface area contributed by atoms with E-state index >= 15 is 0 Å². The Bertz CT molecular complexity index is 1130. The molecule has 180 valence electrons. The minimum absolute atomic E-state index is 0.297. The van der Waals surface area contributed by atoms with Crippen LogP contribution in [-0.4, -0.2) is 28.1 Å². The second-order valence-corrected chi connectivity index (χ2v) is 11.0. The minimum atomic E-state index is -0.507. The van der Waals surface area contributed by atoms with Gasteiger partial charge in [0.1, 0.15) is 16.4 Å². The largest absolute Gasteiger partial charge is 0.457 e. The molecule has 1 aromatic carbocycles. The van der Waals surface area contributed by atoms with Crippen molar-refractivity contribution in [3.63, 3.8) is 0 Å². The maximum Gasteiger partial charge on any atom is 0.331 e. The number of nitrogens with one attached hydrogen (secondary N) is 1. The third-order valence-electron chi connectivity index (χ3n) is 5.85. The fourth-order valence-electron chi connectivity index (χ4n) is 4.21. The Balaban J connectivity index is 1.32. The number of carbonyl (C=O) groups is 1. The third kappa shape index (κ3) is 6.89. The number of pyridine rings is 1. The molecule has 0 aliphatic carbocycles. The summed E-state index contributed by atoms with van der Waals surface area (Å²) in [4.78, 5) is 22.1. The number of allylic oxidation sites excluding steroid dienone is 1. The van der Waals surface area contributed by atoms with Crippen molar-refractivity contribution in [3.05, 3.63) is 58.7 Å². The SMILES string of the molecule is CC(C)(C)OC(=O)C=C(CCCCCCc1ccc2c(n1)NCCC2)c1nc2ccccc2s1. The highest BCUT2D eigenvalue weighted by molar-refractivity contribution is 7.19. The van der Waals surface area contributed by atoms with Crippen LogP contribution in [0.3, 0.4) is 0 Å². The molecule has 1 aliphatic rings. The van der Waals surface area contributed by atoms with Crippen LogP contribution in [0, 0.1) is 0 Å². The van der Waals surface area contributed by atoms with Gasteiger partial charge in [0.2, 0.25) is 0 Å². The summed E-state index contributed by atoms with van der Waals surface area (Å²) in [5, 5.41) is 4.34. The quantitative estimate of drug-likeness (QED) is 0.205. The summed E-state index contributed by atoms with van der Waals surface area (Å²) in [6.07, 6.45) is 10.2. The lowest BCUT2D eigenvalue weighted by Crippen LogP contribution is -2.22. The van der Waals surface area contributed by atoms with Crippen LogP contribution in [0.2, 0.25) is 0 Å². The molecular weight excluding hydrogens is 442 g/mol. The normalized spacial score (nSPS) is 14.0. The van der Waals surface area contributed by atoms with E-state index in [1.54, 1.807) is 17.4 Å². The van der Waals surface area contributed by atoms with E-state index in [1.807, 2.05) is 39.0 Å². The molecule has 0 atom stereocenters. The predicted molar refractivity (Wildman–Crippen MR) is 141 cm³/mol. The van der Waals surface area contributed by atoms with E-state index in [0.717, 1.165) is 78.1 Å². The molecule has 0 spiro atoms. The fourth-order valence-corrected chi connectivity index (χ4v) is 5.22. The summed E-state index contributed by atoms with van der Waals surface area (Å²) in [5.74, 6) is 0.783. The lowest BCUT2D eigenvalue weighted by molar-refractivity contribution is -0.148. The number of nitrogens with zero attached hydrogens (tertiary/aromatic N) is 2. The third-order valence-corrected chi connectivity index (χ3v) is 6.96. The average molecular weight is 478 g/mol. The van der Waals surface area contributed by atoms with Gasteiger partial charge in [0.15, 0.2) is 0 Å². The highest BCUT2D eigenvalue weighted by atomic mass is 32.1. The Hall–Kier alpha value is -2.73. The smallest absolute Gasteiger partial charge is 0.331 e. The first kappa shape index (κ1) is 24.4. The molecule has 5 nitrogen and oxygen atoms in total. The van der Waals surface area contributed by atoms with E-state index < -0.39 is 5.60 Å². The van der Waals surface area contributed by atoms with Crippen LogP contribution in [0.4, 0.5) is 5.82 Å². The van der Waals surface area contributed by atoms with Gasteiger partial charge in [-0.05, 0) is 88.6 Å². The summed E-state index contributed by atoms with van der Waals surface area (Å²) in [6.45, 7) is 6.70. The number of fused-ring (bicyclic) bond motifs is 2. The van der Waals surface area contributed by atoms with E-state index in [0.29, 0.717) is 0 Å². The maximum atomic E-state index is 12.5. The lowest BCUT2D eigenvalue weighted by atomic mass is 10.0. The standard InChI is InChI=1S/C28H35N3O2S/c1-28(2,3)33-25(32)19-21(27-31-23-14-8-9-15-24(23)34-27)11-6-4-5-7-13-22-17-16-20-12-10-18-29-26(20)30-22/h8-9,14-17,19H,4-7,10-13,18H2,1-3H3,(H,29,30). The molecule has 0 saturated heterocycles. The van der Waals surface area contributed by atoms with E-state index in [-0.39, 0.29) is 5.97 Å². The molecule has 0 saturated carbocycles. The highest BCUT2D eigenvalue weighted by Crippen LogP contribution is 2.30. The molecule has 0 radical (unpaired) electrons. The topological polar surface area (TPSA) is 64.1 Å². The Kier molecular flexibility index (Phi) is 7.99. The zero-order chi connectivity index (χ0) is 24.0. The Labute approximate surface area is 206 Å². The Morgan fingerprint density at radius 2 is 1.91 bits per heavy atom. The van der Waals surface area contributed by atoms with Gasteiger partial charge >= 0.3 is 5.97 Å². The molecule has 1 N–H and O–H groups in total. The van der Waals surface area contributed by atoms with Crippen LogP contribution in [0.5, 0.6) is 0 Å². The summed E-state index contributed by atoms with van der Waals surface area (Å²) < 4.78 is 6.69. The van der Waals surface area contributed by atoms with E-state index in [4.69, 9.17) is 14.7 Å². The zero-order valence-corrected chi connectivity index (χ0v) is 21.3. The van der Waals surface area contributed by atoms with Gasteiger partial charge < -0.3 is 10.1 Å². The number of hydrogen-bond acceptors (Lipinski definition) is 6. The zero-order valence-electron chi connectivity index (χ0n) is 20.5. The average Bonchev–Trinajstić information content (AvgIpc) is 3.23. The molecule has 0 unspecified atom stereocenters. The monoisotopic (exact) mass is 477 g/mol. The number of rotatable bonds is 9. The maximum absolute atomic E-state index is 12.5. The van der Waals surface area contributed by atoms with Gasteiger partial charge in [-0.15, -0.1) is 11.3 Å². The van der Waals surface area contributed by atoms with Gasteiger partial charge in [-0.1, -0.05) is 31.0 Å². The first-order valence-corrected chi connectivity index (χ1v) is 13.2. The van der Waals surface area contributed by atoms with Gasteiger partial charge in [-0.2, -0.15) is 0 Å². The number of aromatic nitrogens is 2. The van der Waals surface area contributed by atoms with Crippen molar-refractivity contribution in [2.45, 2.75) is 77.7 Å². The number of anilines is 1. The number of aryl methyl sites for hydroxylation is 2. The van der Waals surface area contributed by atoms with Crippen molar-refractivity contribution < 1.29 is 9.53 Å². The van der Waals surface area contributed by atoms with Crippen molar-refractivity contribution >= 4 is 38.9 Å². The molecule has 34 heavy (non-hydrogen) atoms. The van der Waals surface area contributed by atoms with E-state index in [1.165, 1.54) is 17.7 Å². The van der Waals surface area contributed by atoms with Crippen LogP contribution in [0.25, 0.3) is 15.8 Å². The minimum Gasteiger partial charge on any atom is -0.457 e. The predicted octanol–water partition coefficient (Wildman–Crippen LogP) is 6.97. The molecular formula is C28H35N3O2S. The van der Waals surface area contributed by atoms with Crippen molar-refractivity contribution in [3.8, 4) is 0 Å². The lowest BCUT2D eigenvalue weighted by Gasteiger charge is -2.18. The van der Waals surface area contributed by atoms with Crippen LogP contribution in [-0.2, 0) is 22.4 Å². The van der Waals surface area contributed by atoms with Crippen molar-refractivity contribution in [1.29, 1.82) is 0 Å². The first-order valence-electron chi connectivity index (χ1n) is 12.4. The van der Waals surface area contributed by atoms with E-state index in [2.05, 4.69) is 23.5 Å². The number of hydrogen-bond donors (Lipinski definition) is 1. The van der Waals surface area contributed by atoms with Gasteiger partial charge in [0, 0.05) is 18.3 Å². The number of carbonyl (C=O) groups excluding carboxylic acids is 1. The number of para-hydroxylation sites is 1. The van der Waals surface area contributed by atoms with E-state index in [9.17, 15) is 4.79 Å². The molecule has 3 aromatic rings. The van der Waals surface area contributed by atoms with Gasteiger partial charge in [-0.3, -0.25) is 0 Å². The van der Waals surface area contributed by atoms with Gasteiger partial charge in [0.05, 0.1) is 10.2 Å². The molecule has 2 aromatic heterocycles. The van der Waals surface area contributed by atoms with Crippen LogP contribution in [0.1, 0.15) is 75.6 Å². The number of thiazole rings is 1. The number of ether oxygens (including phenoxy) is 1. The number of unbranched alkanes of at least 4 members (excludes halogenated alkanes) is 3. The van der Waals surface area contributed by atoms with Crippen LogP contribution < -0.4 is 5.32 Å². The second-order valence-electron chi connectivity index (χ2n) is 9.94. The van der Waals surface area contributed by atoms with Crippen LogP contribution in [0.15, 0.2) is 42.5 Å². The molecule has 0 fully saturated rings. The van der Waals surface area contributed by atoms with Crippen molar-refractivity contribution in [2.75, 3.05) is 11.9 Å². The Morgan fingerprint density at radius 1 is 1.09 bits per heavy atom. The number of esters is 1. The molecule has 3 heterocycles. The molecule has 0 bridgehead atoms. The first-order chi connectivity index (χ1) is 16.4.